The fraction of sp³-hybridized carbons (Fsp3) is 0. The molecule has 0 saturated carbocycles. The Balaban J connectivity index is 2.63. The van der Waals surface area contributed by atoms with Crippen LogP contribution < -0.4 is 0 Å². The molecule has 4 heteroatoms. The highest BCUT2D eigenvalue weighted by molar-refractivity contribution is 5.64. The predicted octanol–water partition coefficient (Wildman–Crippen LogP) is 3.71. The molecule has 16 heavy (non-hydrogen) atoms. The minimum Gasteiger partial charge on any atom is -0.206 e. The molecule has 0 aromatic heterocycles. The summed E-state index contributed by atoms with van der Waals surface area (Å²) in [5.41, 5.74) is -0.444. The number of rotatable bonds is 1. The Morgan fingerprint density at radius 3 is 1.94 bits per heavy atom. The summed E-state index contributed by atoms with van der Waals surface area (Å²) in [6.45, 7) is 0. The van der Waals surface area contributed by atoms with Crippen LogP contribution in [0.25, 0.3) is 11.1 Å². The first-order valence-electron chi connectivity index (χ1n) is 4.40. The van der Waals surface area contributed by atoms with Gasteiger partial charge in [0.25, 0.3) is 0 Å². The maximum Gasteiger partial charge on any atom is 0.159 e. The Kier molecular flexibility index (Phi) is 2.64. The predicted molar refractivity (Wildman–Crippen MR) is 50.5 cm³/mol. The topological polar surface area (TPSA) is 0 Å². The van der Waals surface area contributed by atoms with Crippen molar-refractivity contribution in [3.63, 3.8) is 0 Å². The molecule has 0 aliphatic heterocycles. The van der Waals surface area contributed by atoms with E-state index in [-0.39, 0.29) is 5.56 Å². The quantitative estimate of drug-likeness (QED) is 0.649. The van der Waals surface area contributed by atoms with Crippen molar-refractivity contribution in [3.8, 4) is 11.1 Å². The monoisotopic (exact) mass is 225 g/mol. The lowest BCUT2D eigenvalue weighted by atomic mass is 10.0. The van der Waals surface area contributed by atoms with Gasteiger partial charge >= 0.3 is 0 Å². The first-order valence-corrected chi connectivity index (χ1v) is 4.40. The zero-order chi connectivity index (χ0) is 11.7. The van der Waals surface area contributed by atoms with Crippen LogP contribution in [0.4, 0.5) is 17.6 Å². The highest BCUT2D eigenvalue weighted by Crippen LogP contribution is 2.26. The molecule has 81 valence electrons. The normalized spacial score (nSPS) is 10.5. The van der Waals surface area contributed by atoms with Crippen molar-refractivity contribution in [2.45, 2.75) is 0 Å². The molecule has 0 spiro atoms. The van der Waals surface area contributed by atoms with Crippen molar-refractivity contribution in [2.24, 2.45) is 0 Å². The van der Waals surface area contributed by atoms with Gasteiger partial charge in [0.2, 0.25) is 0 Å². The third-order valence-corrected chi connectivity index (χ3v) is 2.11. The molecule has 0 fully saturated rings. The number of halogens is 4. The molecular formula is C12H5F4. The van der Waals surface area contributed by atoms with E-state index in [4.69, 9.17) is 0 Å². The average Bonchev–Trinajstić information content (AvgIpc) is 2.23. The van der Waals surface area contributed by atoms with Crippen LogP contribution >= 0.6 is 0 Å². The number of hydrogen-bond donors (Lipinski definition) is 0. The summed E-state index contributed by atoms with van der Waals surface area (Å²) in [5.74, 6) is -3.95. The van der Waals surface area contributed by atoms with Gasteiger partial charge in [-0.15, -0.1) is 0 Å². The van der Waals surface area contributed by atoms with Crippen LogP contribution in [-0.4, -0.2) is 0 Å². The molecule has 0 atom stereocenters. The van der Waals surface area contributed by atoms with Gasteiger partial charge in [0, 0.05) is 0 Å². The van der Waals surface area contributed by atoms with Gasteiger partial charge in [0.05, 0.1) is 5.56 Å². The van der Waals surface area contributed by atoms with Crippen LogP contribution in [0, 0.1) is 29.3 Å². The molecule has 0 nitrogen and oxygen atoms in total. The Labute approximate surface area is 89.2 Å². The van der Waals surface area contributed by atoms with E-state index in [1.54, 1.807) is 0 Å². The summed E-state index contributed by atoms with van der Waals surface area (Å²) in [4.78, 5) is 0. The lowest BCUT2D eigenvalue weighted by Gasteiger charge is -2.05. The number of hydrogen-bond acceptors (Lipinski definition) is 0. The fourth-order valence-electron chi connectivity index (χ4n) is 1.37. The largest absolute Gasteiger partial charge is 0.206 e. The van der Waals surface area contributed by atoms with E-state index in [9.17, 15) is 17.6 Å². The standard InChI is InChI=1S/C12H5F4/c13-8-5-4-7(6-11(8)16)12-9(14)2-1-3-10(12)15/h2-6H. The lowest BCUT2D eigenvalue weighted by molar-refractivity contribution is 0.508. The number of benzene rings is 2. The molecule has 0 aliphatic rings. The summed E-state index contributed by atoms with van der Waals surface area (Å²) in [6, 6.07) is 6.79. The Morgan fingerprint density at radius 1 is 0.750 bits per heavy atom. The van der Waals surface area contributed by atoms with Crippen molar-refractivity contribution in [3.05, 3.63) is 59.7 Å². The van der Waals surface area contributed by atoms with E-state index in [0.717, 1.165) is 30.3 Å². The maximum absolute atomic E-state index is 13.3. The maximum atomic E-state index is 13.3. The van der Waals surface area contributed by atoms with E-state index < -0.39 is 28.8 Å². The van der Waals surface area contributed by atoms with Crippen LogP contribution in [-0.2, 0) is 0 Å². The zero-order valence-corrected chi connectivity index (χ0v) is 7.90. The van der Waals surface area contributed by atoms with Crippen molar-refractivity contribution in [2.75, 3.05) is 0 Å². The minimum absolute atomic E-state index is 0.0529. The molecule has 0 heterocycles. The van der Waals surface area contributed by atoms with Gasteiger partial charge in [-0.1, -0.05) is 6.07 Å². The van der Waals surface area contributed by atoms with E-state index in [1.165, 1.54) is 0 Å². The van der Waals surface area contributed by atoms with Crippen LogP contribution in [0.2, 0.25) is 0 Å². The summed E-state index contributed by atoms with van der Waals surface area (Å²) < 4.78 is 52.1. The second-order valence-corrected chi connectivity index (χ2v) is 3.16. The highest BCUT2D eigenvalue weighted by atomic mass is 19.2. The van der Waals surface area contributed by atoms with E-state index in [1.807, 2.05) is 0 Å². The van der Waals surface area contributed by atoms with E-state index in [2.05, 4.69) is 6.07 Å². The van der Waals surface area contributed by atoms with E-state index in [0.29, 0.717) is 0 Å². The molecule has 0 saturated heterocycles. The molecule has 0 unspecified atom stereocenters. The van der Waals surface area contributed by atoms with Gasteiger partial charge in [-0.2, -0.15) is 0 Å². The van der Waals surface area contributed by atoms with E-state index >= 15 is 0 Å². The highest BCUT2D eigenvalue weighted by Gasteiger charge is 2.12. The molecular weight excluding hydrogens is 220 g/mol. The average molecular weight is 225 g/mol. The molecule has 0 aliphatic carbocycles. The van der Waals surface area contributed by atoms with Crippen molar-refractivity contribution < 1.29 is 17.6 Å². The second-order valence-electron chi connectivity index (χ2n) is 3.16. The summed E-state index contributed by atoms with van der Waals surface area (Å²) >= 11 is 0. The Bertz CT molecular complexity index is 514. The first-order chi connectivity index (χ1) is 7.59. The third-order valence-electron chi connectivity index (χ3n) is 2.11. The minimum atomic E-state index is -1.15. The van der Waals surface area contributed by atoms with Gasteiger partial charge in [-0.25, -0.2) is 17.6 Å². The summed E-state index contributed by atoms with van der Waals surface area (Å²) in [6.07, 6.45) is 0. The molecule has 1 radical (unpaired) electrons. The summed E-state index contributed by atoms with van der Waals surface area (Å²) in [7, 11) is 0. The van der Waals surface area contributed by atoms with Crippen molar-refractivity contribution in [1.82, 2.24) is 0 Å². The van der Waals surface area contributed by atoms with Gasteiger partial charge in [-0.3, -0.25) is 0 Å². The third kappa shape index (κ3) is 1.78. The molecule has 0 bridgehead atoms. The van der Waals surface area contributed by atoms with Crippen molar-refractivity contribution >= 4 is 0 Å². The van der Waals surface area contributed by atoms with Gasteiger partial charge in [0.15, 0.2) is 11.6 Å². The second kappa shape index (κ2) is 3.96. The molecule has 0 N–H and O–H groups in total. The van der Waals surface area contributed by atoms with Crippen LogP contribution in [0.3, 0.4) is 0 Å². The molecule has 2 aromatic carbocycles. The molecule has 2 rings (SSSR count). The van der Waals surface area contributed by atoms with Crippen LogP contribution in [0.15, 0.2) is 30.3 Å². The SMILES string of the molecule is Fc1ccc(-c2c(F)c[c]cc2F)cc1F. The molecule has 0 amide bonds. The van der Waals surface area contributed by atoms with Gasteiger partial charge in [0.1, 0.15) is 11.6 Å². The molecule has 2 aromatic rings. The van der Waals surface area contributed by atoms with Crippen LogP contribution in [0.1, 0.15) is 0 Å². The van der Waals surface area contributed by atoms with Crippen LogP contribution in [0.5, 0.6) is 0 Å². The zero-order valence-electron chi connectivity index (χ0n) is 7.90. The smallest absolute Gasteiger partial charge is 0.159 e. The Morgan fingerprint density at radius 2 is 1.38 bits per heavy atom. The van der Waals surface area contributed by atoms with Gasteiger partial charge in [-0.05, 0) is 35.9 Å². The Hall–Kier alpha value is -1.84. The fourth-order valence-corrected chi connectivity index (χ4v) is 1.37. The lowest BCUT2D eigenvalue weighted by Crippen LogP contribution is -1.92. The van der Waals surface area contributed by atoms with Gasteiger partial charge < -0.3 is 0 Å². The van der Waals surface area contributed by atoms with Crippen molar-refractivity contribution in [1.29, 1.82) is 0 Å². The first kappa shape index (κ1) is 10.7. The summed E-state index contributed by atoms with van der Waals surface area (Å²) in [5, 5.41) is 0.